The van der Waals surface area contributed by atoms with Gasteiger partial charge in [0.05, 0.1) is 11.7 Å². The second-order valence-corrected chi connectivity index (χ2v) is 5.80. The Morgan fingerprint density at radius 1 is 1.50 bits per heavy atom. The molecule has 5 nitrogen and oxygen atoms in total. The first-order chi connectivity index (χ1) is 10.7. The predicted molar refractivity (Wildman–Crippen MR) is 85.0 cm³/mol. The Hall–Kier alpha value is -2.01. The summed E-state index contributed by atoms with van der Waals surface area (Å²) in [6, 6.07) is 8.88. The van der Waals surface area contributed by atoms with E-state index in [1.165, 1.54) is 0 Å². The minimum atomic E-state index is -0.140. The smallest absolute Gasteiger partial charge is 0.322 e. The van der Waals surface area contributed by atoms with Crippen LogP contribution in [0.5, 0.6) is 0 Å². The lowest BCUT2D eigenvalue weighted by atomic mass is 10.1. The highest BCUT2D eigenvalue weighted by Crippen LogP contribution is 2.33. The molecule has 1 fully saturated rings. The molecule has 116 valence electrons. The standard InChI is InChI=1S/C16H18ClN3O2/c1-2-12-10-15(22-19-12)14-7-4-8-20(14)16(21)18-13-6-3-5-11(17)9-13/h3,5-6,9-10,14H,2,4,7-8H2,1H3,(H,18,21)/t14-/m0/s1. The number of nitrogens with one attached hydrogen (secondary N) is 1. The fourth-order valence-corrected chi connectivity index (χ4v) is 2.91. The number of likely N-dealkylation sites (tertiary alicyclic amines) is 1. The maximum Gasteiger partial charge on any atom is 0.322 e. The van der Waals surface area contributed by atoms with Crippen molar-refractivity contribution in [2.24, 2.45) is 0 Å². The van der Waals surface area contributed by atoms with Crippen LogP contribution in [0.4, 0.5) is 10.5 Å². The molecule has 0 aliphatic carbocycles. The van der Waals surface area contributed by atoms with E-state index in [0.29, 0.717) is 17.3 Å². The average Bonchev–Trinajstić information content (AvgIpc) is 3.16. The van der Waals surface area contributed by atoms with Crippen molar-refractivity contribution in [2.75, 3.05) is 11.9 Å². The third kappa shape index (κ3) is 3.09. The van der Waals surface area contributed by atoms with Crippen LogP contribution in [0.25, 0.3) is 0 Å². The van der Waals surface area contributed by atoms with Gasteiger partial charge in [-0.15, -0.1) is 0 Å². The highest BCUT2D eigenvalue weighted by atomic mass is 35.5. The number of anilines is 1. The summed E-state index contributed by atoms with van der Waals surface area (Å²) in [6.07, 6.45) is 2.67. The zero-order valence-electron chi connectivity index (χ0n) is 12.4. The molecule has 1 aliphatic heterocycles. The Morgan fingerprint density at radius 2 is 2.36 bits per heavy atom. The van der Waals surface area contributed by atoms with Gasteiger partial charge in [0.2, 0.25) is 0 Å². The van der Waals surface area contributed by atoms with Crippen LogP contribution >= 0.6 is 11.6 Å². The molecule has 2 aromatic rings. The number of benzene rings is 1. The van der Waals surface area contributed by atoms with E-state index in [4.69, 9.17) is 16.1 Å². The Kier molecular flexibility index (Phi) is 4.34. The van der Waals surface area contributed by atoms with Gasteiger partial charge in [-0.2, -0.15) is 0 Å². The molecular formula is C16H18ClN3O2. The van der Waals surface area contributed by atoms with E-state index >= 15 is 0 Å². The van der Waals surface area contributed by atoms with Crippen LogP contribution in [-0.2, 0) is 6.42 Å². The van der Waals surface area contributed by atoms with Gasteiger partial charge in [-0.1, -0.05) is 29.7 Å². The molecule has 2 heterocycles. The van der Waals surface area contributed by atoms with E-state index in [-0.39, 0.29) is 12.1 Å². The molecule has 0 spiro atoms. The first kappa shape index (κ1) is 14.9. The minimum Gasteiger partial charge on any atom is -0.359 e. The van der Waals surface area contributed by atoms with Crippen molar-refractivity contribution in [1.82, 2.24) is 10.1 Å². The topological polar surface area (TPSA) is 58.4 Å². The molecule has 0 radical (unpaired) electrons. The van der Waals surface area contributed by atoms with Gasteiger partial charge < -0.3 is 14.7 Å². The molecule has 1 saturated heterocycles. The molecule has 0 bridgehead atoms. The molecule has 1 atom stereocenters. The monoisotopic (exact) mass is 319 g/mol. The van der Waals surface area contributed by atoms with Crippen molar-refractivity contribution in [3.8, 4) is 0 Å². The Labute approximate surface area is 134 Å². The van der Waals surface area contributed by atoms with Crippen molar-refractivity contribution >= 4 is 23.3 Å². The van der Waals surface area contributed by atoms with Gasteiger partial charge in [-0.05, 0) is 37.5 Å². The average molecular weight is 320 g/mol. The van der Waals surface area contributed by atoms with Gasteiger partial charge in [0.1, 0.15) is 0 Å². The number of nitrogens with zero attached hydrogens (tertiary/aromatic N) is 2. The van der Waals surface area contributed by atoms with E-state index < -0.39 is 0 Å². The summed E-state index contributed by atoms with van der Waals surface area (Å²) in [5.74, 6) is 0.760. The molecular weight excluding hydrogens is 302 g/mol. The summed E-state index contributed by atoms with van der Waals surface area (Å²) in [5, 5.41) is 7.50. The number of rotatable bonds is 3. The van der Waals surface area contributed by atoms with Crippen LogP contribution in [0.1, 0.15) is 37.3 Å². The predicted octanol–water partition coefficient (Wildman–Crippen LogP) is 4.26. The van der Waals surface area contributed by atoms with E-state index in [9.17, 15) is 4.79 Å². The third-order valence-electron chi connectivity index (χ3n) is 3.86. The molecule has 6 heteroatoms. The highest BCUT2D eigenvalue weighted by Gasteiger charge is 2.32. The van der Waals surface area contributed by atoms with Crippen molar-refractivity contribution in [2.45, 2.75) is 32.2 Å². The maximum absolute atomic E-state index is 12.5. The van der Waals surface area contributed by atoms with E-state index in [2.05, 4.69) is 10.5 Å². The summed E-state index contributed by atoms with van der Waals surface area (Å²) in [5.41, 5.74) is 1.60. The van der Waals surface area contributed by atoms with E-state index in [1.807, 2.05) is 25.1 Å². The summed E-state index contributed by atoms with van der Waals surface area (Å²) < 4.78 is 5.40. The normalized spacial score (nSPS) is 17.7. The van der Waals surface area contributed by atoms with Crippen LogP contribution in [0.15, 0.2) is 34.9 Å². The van der Waals surface area contributed by atoms with Crippen molar-refractivity contribution < 1.29 is 9.32 Å². The third-order valence-corrected chi connectivity index (χ3v) is 4.09. The van der Waals surface area contributed by atoms with Crippen LogP contribution in [0, 0.1) is 0 Å². The fraction of sp³-hybridized carbons (Fsp3) is 0.375. The fourth-order valence-electron chi connectivity index (χ4n) is 2.72. The number of aromatic nitrogens is 1. The lowest BCUT2D eigenvalue weighted by Crippen LogP contribution is -2.34. The molecule has 1 aromatic carbocycles. The molecule has 0 unspecified atom stereocenters. The second kappa shape index (κ2) is 6.40. The number of hydrogen-bond donors (Lipinski definition) is 1. The number of urea groups is 1. The van der Waals surface area contributed by atoms with Gasteiger partial charge in [0, 0.05) is 23.3 Å². The maximum atomic E-state index is 12.5. The SMILES string of the molecule is CCc1cc([C@@H]2CCCN2C(=O)Nc2cccc(Cl)c2)on1. The number of aryl methyl sites for hydroxylation is 1. The number of carbonyl (C=O) groups excluding carboxylic acids is 1. The molecule has 1 aliphatic rings. The number of amides is 2. The largest absolute Gasteiger partial charge is 0.359 e. The summed E-state index contributed by atoms with van der Waals surface area (Å²) >= 11 is 5.94. The summed E-state index contributed by atoms with van der Waals surface area (Å²) in [4.78, 5) is 14.3. The van der Waals surface area contributed by atoms with Gasteiger partial charge >= 0.3 is 6.03 Å². The molecule has 1 N–H and O–H groups in total. The van der Waals surface area contributed by atoms with Crippen LogP contribution < -0.4 is 5.32 Å². The number of hydrogen-bond acceptors (Lipinski definition) is 3. The van der Waals surface area contributed by atoms with Crippen LogP contribution in [0.2, 0.25) is 5.02 Å². The second-order valence-electron chi connectivity index (χ2n) is 5.37. The van der Waals surface area contributed by atoms with Crippen molar-refractivity contribution in [1.29, 1.82) is 0 Å². The first-order valence-electron chi connectivity index (χ1n) is 7.46. The Morgan fingerprint density at radius 3 is 3.09 bits per heavy atom. The number of halogens is 1. The quantitative estimate of drug-likeness (QED) is 0.919. The Balaban J connectivity index is 1.73. The zero-order chi connectivity index (χ0) is 15.5. The molecule has 2 amide bonds. The van der Waals surface area contributed by atoms with Crippen molar-refractivity contribution in [3.63, 3.8) is 0 Å². The van der Waals surface area contributed by atoms with Crippen molar-refractivity contribution in [3.05, 3.63) is 46.8 Å². The van der Waals surface area contributed by atoms with Crippen LogP contribution in [0.3, 0.4) is 0 Å². The summed E-state index contributed by atoms with van der Waals surface area (Å²) in [6.45, 7) is 2.74. The summed E-state index contributed by atoms with van der Waals surface area (Å²) in [7, 11) is 0. The molecule has 1 aromatic heterocycles. The van der Waals surface area contributed by atoms with Gasteiger partial charge in [-0.25, -0.2) is 4.79 Å². The molecule has 22 heavy (non-hydrogen) atoms. The van der Waals surface area contributed by atoms with Crippen LogP contribution in [-0.4, -0.2) is 22.6 Å². The van der Waals surface area contributed by atoms with Gasteiger partial charge in [0.25, 0.3) is 0 Å². The minimum absolute atomic E-state index is 0.0491. The zero-order valence-corrected chi connectivity index (χ0v) is 13.1. The van der Waals surface area contributed by atoms with Gasteiger partial charge in [0.15, 0.2) is 5.76 Å². The molecule has 0 saturated carbocycles. The first-order valence-corrected chi connectivity index (χ1v) is 7.84. The van der Waals surface area contributed by atoms with E-state index in [1.54, 1.807) is 17.0 Å². The van der Waals surface area contributed by atoms with E-state index in [0.717, 1.165) is 30.7 Å². The highest BCUT2D eigenvalue weighted by molar-refractivity contribution is 6.30. The lowest BCUT2D eigenvalue weighted by Gasteiger charge is -2.23. The Bertz CT molecular complexity index is 671. The molecule has 3 rings (SSSR count). The van der Waals surface area contributed by atoms with Gasteiger partial charge in [-0.3, -0.25) is 0 Å². The number of carbonyl (C=O) groups is 1. The lowest BCUT2D eigenvalue weighted by molar-refractivity contribution is 0.195.